The normalized spacial score (nSPS) is 26.2. The minimum absolute atomic E-state index is 0.148. The van der Waals surface area contributed by atoms with Crippen molar-refractivity contribution in [2.75, 3.05) is 5.73 Å². The van der Waals surface area contributed by atoms with Gasteiger partial charge in [0.1, 0.15) is 11.5 Å². The van der Waals surface area contributed by atoms with Gasteiger partial charge in [0.15, 0.2) is 5.60 Å². The fourth-order valence-corrected chi connectivity index (χ4v) is 4.24. The predicted octanol–water partition coefficient (Wildman–Crippen LogP) is 3.39. The number of carbonyl (C=O) groups excluding carboxylic acids is 1. The number of nitrogens with two attached hydrogens (primary N) is 1. The Morgan fingerprint density at radius 1 is 1.16 bits per heavy atom. The summed E-state index contributed by atoms with van der Waals surface area (Å²) in [6.45, 7) is 0. The molecule has 2 aliphatic heterocycles. The molecular weight excluding hydrogens is 316 g/mol. The Kier molecular flexibility index (Phi) is 2.70. The summed E-state index contributed by atoms with van der Waals surface area (Å²) in [5, 5.41) is 7.99. The van der Waals surface area contributed by atoms with E-state index >= 15 is 0 Å². The van der Waals surface area contributed by atoms with E-state index in [0.29, 0.717) is 41.3 Å². The maximum absolute atomic E-state index is 12.6. The van der Waals surface area contributed by atoms with Crippen LogP contribution in [0.15, 0.2) is 54.3 Å². The van der Waals surface area contributed by atoms with E-state index in [-0.39, 0.29) is 11.9 Å². The molecule has 0 radical (unpaired) electrons. The molecular formula is C20H16N2O3. The first-order valence-corrected chi connectivity index (χ1v) is 8.29. The fourth-order valence-electron chi connectivity index (χ4n) is 4.24. The average Bonchev–Trinajstić information content (AvgIpc) is 2.88. The van der Waals surface area contributed by atoms with E-state index in [1.54, 1.807) is 24.3 Å². The number of hydrogen-bond donors (Lipinski definition) is 2. The molecule has 25 heavy (non-hydrogen) atoms. The van der Waals surface area contributed by atoms with Gasteiger partial charge in [-0.05, 0) is 37.1 Å². The van der Waals surface area contributed by atoms with Crippen LogP contribution in [0.5, 0.6) is 5.75 Å². The lowest BCUT2D eigenvalue weighted by molar-refractivity contribution is -0.0272. The summed E-state index contributed by atoms with van der Waals surface area (Å²) < 4.78 is 12.1. The lowest BCUT2D eigenvalue weighted by Crippen LogP contribution is -2.44. The van der Waals surface area contributed by atoms with E-state index in [4.69, 9.17) is 20.6 Å². The molecule has 1 spiro atoms. The molecule has 3 N–H and O–H groups in total. The van der Waals surface area contributed by atoms with Gasteiger partial charge in [-0.2, -0.15) is 0 Å². The van der Waals surface area contributed by atoms with Crippen molar-refractivity contribution < 1.29 is 14.3 Å². The molecule has 0 bridgehead atoms. The number of carbonyl (C=O) groups is 1. The smallest absolute Gasteiger partial charge is 0.339 e. The number of rotatable bonds is 0. The summed E-state index contributed by atoms with van der Waals surface area (Å²) in [5.41, 5.74) is 8.39. The number of esters is 1. The number of nitrogens with one attached hydrogen (secondary N) is 1. The number of allylic oxidation sites excluding steroid dienone is 1. The van der Waals surface area contributed by atoms with Crippen LogP contribution in [-0.4, -0.2) is 11.7 Å². The van der Waals surface area contributed by atoms with E-state index in [9.17, 15) is 4.79 Å². The highest BCUT2D eigenvalue weighted by atomic mass is 16.6. The average molecular weight is 332 g/mol. The molecule has 5 rings (SSSR count). The van der Waals surface area contributed by atoms with Gasteiger partial charge in [0.2, 0.25) is 0 Å². The summed E-state index contributed by atoms with van der Waals surface area (Å²) in [6, 6.07) is 12.9. The third kappa shape index (κ3) is 1.78. The monoisotopic (exact) mass is 332 g/mol. The number of ether oxygens (including phenoxy) is 2. The van der Waals surface area contributed by atoms with E-state index in [0.717, 1.165) is 11.1 Å². The van der Waals surface area contributed by atoms with E-state index in [1.807, 2.05) is 24.3 Å². The second-order valence-electron chi connectivity index (χ2n) is 6.69. The highest BCUT2D eigenvalue weighted by molar-refractivity contribution is 5.97. The molecule has 2 aromatic rings. The van der Waals surface area contributed by atoms with Crippen LogP contribution in [0.4, 0.5) is 5.69 Å². The lowest BCUT2D eigenvalue weighted by atomic mass is 9.69. The fraction of sp³-hybridized carbons (Fsp3) is 0.200. The van der Waals surface area contributed by atoms with Crippen LogP contribution in [-0.2, 0) is 10.3 Å². The molecule has 124 valence electrons. The quantitative estimate of drug-likeness (QED) is 0.572. The van der Waals surface area contributed by atoms with Crippen LogP contribution in [0.25, 0.3) is 0 Å². The second kappa shape index (κ2) is 4.72. The molecule has 0 saturated carbocycles. The van der Waals surface area contributed by atoms with Crippen LogP contribution in [0.2, 0.25) is 0 Å². The van der Waals surface area contributed by atoms with Crippen LogP contribution in [0, 0.1) is 11.3 Å². The van der Waals surface area contributed by atoms with Gasteiger partial charge in [0.25, 0.3) is 0 Å². The lowest BCUT2D eigenvalue weighted by Gasteiger charge is -2.44. The molecule has 3 aliphatic rings. The summed E-state index contributed by atoms with van der Waals surface area (Å²) in [6.07, 6.45) is 3.07. The Balaban J connectivity index is 1.85. The molecule has 2 heterocycles. The van der Waals surface area contributed by atoms with Crippen LogP contribution in [0.3, 0.4) is 0 Å². The molecule has 0 aromatic heterocycles. The van der Waals surface area contributed by atoms with Gasteiger partial charge < -0.3 is 20.6 Å². The van der Waals surface area contributed by atoms with Crippen molar-refractivity contribution in [1.82, 2.24) is 0 Å². The number of fused-ring (bicyclic) bond motifs is 6. The number of anilines is 1. The van der Waals surface area contributed by atoms with Crippen molar-refractivity contribution in [3.05, 3.63) is 71.0 Å². The van der Waals surface area contributed by atoms with Gasteiger partial charge >= 0.3 is 5.97 Å². The van der Waals surface area contributed by atoms with Crippen molar-refractivity contribution in [1.29, 1.82) is 5.41 Å². The second-order valence-corrected chi connectivity index (χ2v) is 6.69. The van der Waals surface area contributed by atoms with Crippen molar-refractivity contribution in [2.24, 2.45) is 5.92 Å². The molecule has 5 heteroatoms. The van der Waals surface area contributed by atoms with Crippen LogP contribution < -0.4 is 10.5 Å². The van der Waals surface area contributed by atoms with Gasteiger partial charge in [-0.1, -0.05) is 18.2 Å². The highest BCUT2D eigenvalue weighted by Gasteiger charge is 2.58. The van der Waals surface area contributed by atoms with Gasteiger partial charge in [0.05, 0.1) is 11.5 Å². The minimum atomic E-state index is -0.915. The molecule has 0 amide bonds. The largest absolute Gasteiger partial charge is 0.461 e. The molecule has 0 fully saturated rings. The van der Waals surface area contributed by atoms with E-state index in [1.165, 1.54) is 0 Å². The number of nitrogen functional groups attached to an aromatic ring is 1. The first-order valence-electron chi connectivity index (χ1n) is 8.29. The Bertz CT molecular complexity index is 979. The van der Waals surface area contributed by atoms with Crippen molar-refractivity contribution >= 4 is 17.4 Å². The van der Waals surface area contributed by atoms with Crippen molar-refractivity contribution in [2.45, 2.75) is 18.4 Å². The summed E-state index contributed by atoms with van der Waals surface area (Å²) >= 11 is 0. The Labute approximate surface area is 144 Å². The summed E-state index contributed by atoms with van der Waals surface area (Å²) in [5.74, 6) is 0.783. The highest BCUT2D eigenvalue weighted by Crippen LogP contribution is 2.57. The van der Waals surface area contributed by atoms with Gasteiger partial charge in [0, 0.05) is 28.6 Å². The first-order chi connectivity index (χ1) is 12.1. The van der Waals surface area contributed by atoms with Gasteiger partial charge in [-0.15, -0.1) is 0 Å². The van der Waals surface area contributed by atoms with E-state index in [2.05, 4.69) is 0 Å². The zero-order valence-electron chi connectivity index (χ0n) is 13.4. The van der Waals surface area contributed by atoms with Crippen molar-refractivity contribution in [3.63, 3.8) is 0 Å². The third-order valence-electron chi connectivity index (χ3n) is 5.29. The number of benzene rings is 2. The van der Waals surface area contributed by atoms with Crippen LogP contribution in [0.1, 0.15) is 34.3 Å². The molecule has 5 nitrogen and oxygen atoms in total. The minimum Gasteiger partial charge on any atom is -0.461 e. The van der Waals surface area contributed by atoms with Crippen LogP contribution >= 0.6 is 0 Å². The summed E-state index contributed by atoms with van der Waals surface area (Å²) in [4.78, 5) is 12.6. The molecule has 2 unspecified atom stereocenters. The molecule has 0 saturated heterocycles. The van der Waals surface area contributed by atoms with Gasteiger partial charge in [-0.3, -0.25) is 0 Å². The number of hydrogen-bond acceptors (Lipinski definition) is 5. The molecule has 1 aliphatic carbocycles. The van der Waals surface area contributed by atoms with Crippen molar-refractivity contribution in [3.8, 4) is 5.75 Å². The molecule has 2 atom stereocenters. The topological polar surface area (TPSA) is 85.4 Å². The predicted molar refractivity (Wildman–Crippen MR) is 92.7 cm³/mol. The van der Waals surface area contributed by atoms with Gasteiger partial charge in [-0.25, -0.2) is 4.79 Å². The third-order valence-corrected chi connectivity index (χ3v) is 5.29. The van der Waals surface area contributed by atoms with E-state index < -0.39 is 5.60 Å². The Morgan fingerprint density at radius 2 is 2.00 bits per heavy atom. The zero-order chi connectivity index (χ0) is 17.2. The SMILES string of the molecule is N=C1C=C2Oc3cc(N)ccc3C3(OC(=O)c4ccccc43)C2CC1. The first kappa shape index (κ1) is 14.3. The Hall–Kier alpha value is -3.08. The maximum Gasteiger partial charge on any atom is 0.339 e. The summed E-state index contributed by atoms with van der Waals surface area (Å²) in [7, 11) is 0. The molecule has 2 aromatic carbocycles. The maximum atomic E-state index is 12.6. The zero-order valence-corrected chi connectivity index (χ0v) is 13.4. The standard InChI is InChI=1S/C20H16N2O3/c21-11-5-7-15-17(9-11)24-18-10-12(22)6-8-16(18)20(15)14-4-2-1-3-13(14)19(23)25-20/h1-5,7,9-10,16,22H,6,8,21H2. The Morgan fingerprint density at radius 3 is 2.88 bits per heavy atom.